The van der Waals surface area contributed by atoms with Crippen molar-refractivity contribution in [2.75, 3.05) is 0 Å². The van der Waals surface area contributed by atoms with Gasteiger partial charge < -0.3 is 4.74 Å². The maximum absolute atomic E-state index is 12.3. The largest absolute Gasteiger partial charge is 0.489 e. The minimum atomic E-state index is -0.240. The maximum Gasteiger partial charge on any atom is 0.271 e. The smallest absolute Gasteiger partial charge is 0.271 e. The number of amides is 1. The molecule has 4 rings (SSSR count). The Morgan fingerprint density at radius 1 is 0.788 bits per heavy atom. The van der Waals surface area contributed by atoms with Crippen molar-refractivity contribution in [3.8, 4) is 5.75 Å². The number of hydrogen-bond donors (Lipinski definition) is 1. The zero-order chi connectivity index (χ0) is 22.7. The van der Waals surface area contributed by atoms with Gasteiger partial charge in [-0.3, -0.25) is 4.79 Å². The van der Waals surface area contributed by atoms with E-state index in [0.717, 1.165) is 22.6 Å². The van der Waals surface area contributed by atoms with Gasteiger partial charge in [-0.1, -0.05) is 60.7 Å². The summed E-state index contributed by atoms with van der Waals surface area (Å²) in [5, 5.41) is 4.07. The first-order chi connectivity index (χ1) is 16.3. The molecule has 164 valence electrons. The molecule has 0 atom stereocenters. The molecular formula is C28H24N2O2S. The van der Waals surface area contributed by atoms with E-state index in [9.17, 15) is 4.79 Å². The molecule has 0 bridgehead atoms. The molecule has 4 nitrogen and oxygen atoms in total. The van der Waals surface area contributed by atoms with E-state index in [4.69, 9.17) is 4.74 Å². The average Bonchev–Trinajstić information content (AvgIpc) is 2.88. The van der Waals surface area contributed by atoms with E-state index in [2.05, 4.69) is 22.7 Å². The molecular weight excluding hydrogens is 428 g/mol. The summed E-state index contributed by atoms with van der Waals surface area (Å²) >= 11 is 1.77. The summed E-state index contributed by atoms with van der Waals surface area (Å²) in [4.78, 5) is 13.6. The number of thioether (sulfide) groups is 1. The highest BCUT2D eigenvalue weighted by molar-refractivity contribution is 7.98. The minimum Gasteiger partial charge on any atom is -0.489 e. The minimum absolute atomic E-state index is 0.240. The topological polar surface area (TPSA) is 50.7 Å². The van der Waals surface area contributed by atoms with E-state index >= 15 is 0 Å². The zero-order valence-corrected chi connectivity index (χ0v) is 18.9. The van der Waals surface area contributed by atoms with Gasteiger partial charge in [0.25, 0.3) is 5.91 Å². The molecule has 1 amide bonds. The zero-order valence-electron chi connectivity index (χ0n) is 18.1. The van der Waals surface area contributed by atoms with Gasteiger partial charge in [0.1, 0.15) is 12.4 Å². The quantitative estimate of drug-likeness (QED) is 0.184. The Labute approximate surface area is 198 Å². The van der Waals surface area contributed by atoms with E-state index in [1.807, 2.05) is 97.1 Å². The van der Waals surface area contributed by atoms with E-state index in [1.54, 1.807) is 18.0 Å². The van der Waals surface area contributed by atoms with E-state index < -0.39 is 0 Å². The molecule has 5 heteroatoms. The first-order valence-corrected chi connectivity index (χ1v) is 11.6. The van der Waals surface area contributed by atoms with Crippen LogP contribution in [0, 0.1) is 0 Å². The lowest BCUT2D eigenvalue weighted by atomic mass is 10.1. The highest BCUT2D eigenvalue weighted by atomic mass is 32.2. The molecule has 0 aliphatic carbocycles. The van der Waals surface area contributed by atoms with Crippen LogP contribution in [0.2, 0.25) is 0 Å². The van der Waals surface area contributed by atoms with Crippen LogP contribution in [0.4, 0.5) is 0 Å². The van der Waals surface area contributed by atoms with Crippen molar-refractivity contribution >= 4 is 23.9 Å². The Morgan fingerprint density at radius 3 is 2.15 bits per heavy atom. The van der Waals surface area contributed by atoms with Crippen molar-refractivity contribution in [2.45, 2.75) is 17.3 Å². The van der Waals surface area contributed by atoms with Gasteiger partial charge in [0.15, 0.2) is 0 Å². The number of benzene rings is 4. The summed E-state index contributed by atoms with van der Waals surface area (Å²) in [6.45, 7) is 0.522. The number of nitrogens with zero attached hydrogens (tertiary/aromatic N) is 1. The lowest BCUT2D eigenvalue weighted by molar-refractivity contribution is 0.0955. The molecule has 0 saturated heterocycles. The summed E-state index contributed by atoms with van der Waals surface area (Å²) in [7, 11) is 0. The van der Waals surface area contributed by atoms with Gasteiger partial charge in [-0.05, 0) is 65.2 Å². The summed E-state index contributed by atoms with van der Waals surface area (Å²) in [6.07, 6.45) is 1.61. The van der Waals surface area contributed by atoms with E-state index in [0.29, 0.717) is 12.2 Å². The molecule has 0 fully saturated rings. The Morgan fingerprint density at radius 2 is 1.45 bits per heavy atom. The highest BCUT2D eigenvalue weighted by Gasteiger charge is 2.04. The van der Waals surface area contributed by atoms with Gasteiger partial charge in [0.05, 0.1) is 6.21 Å². The number of hydrogen-bond acceptors (Lipinski definition) is 4. The molecule has 0 aromatic heterocycles. The van der Waals surface area contributed by atoms with Gasteiger partial charge in [0.2, 0.25) is 0 Å². The van der Waals surface area contributed by atoms with Crippen LogP contribution < -0.4 is 10.2 Å². The SMILES string of the molecule is O=C(N/N=C\c1ccc(OCc2ccccc2)cc1)c1ccc(CSc2ccccc2)cc1. The number of rotatable bonds is 9. The molecule has 0 unspecified atom stereocenters. The third-order valence-corrected chi connectivity index (χ3v) is 5.96. The van der Waals surface area contributed by atoms with Gasteiger partial charge in [0, 0.05) is 16.2 Å². The lowest BCUT2D eigenvalue weighted by Crippen LogP contribution is -2.17. The maximum atomic E-state index is 12.3. The second kappa shape index (κ2) is 11.7. The molecule has 0 saturated carbocycles. The molecule has 0 radical (unpaired) electrons. The predicted molar refractivity (Wildman–Crippen MR) is 135 cm³/mol. The Balaban J connectivity index is 1.23. The monoisotopic (exact) mass is 452 g/mol. The molecule has 0 aliphatic heterocycles. The molecule has 0 spiro atoms. The van der Waals surface area contributed by atoms with Gasteiger partial charge in [-0.2, -0.15) is 5.10 Å². The molecule has 1 N–H and O–H groups in total. The Hall–Kier alpha value is -3.83. The summed E-state index contributed by atoms with van der Waals surface area (Å²) < 4.78 is 5.78. The normalized spacial score (nSPS) is 10.8. The molecule has 0 aliphatic rings. The van der Waals surface area contributed by atoms with Crippen molar-refractivity contribution < 1.29 is 9.53 Å². The number of hydrazone groups is 1. The Bertz CT molecular complexity index is 1180. The summed E-state index contributed by atoms with van der Waals surface area (Å²) in [5.41, 5.74) is 6.31. The van der Waals surface area contributed by atoms with Crippen molar-refractivity contribution in [2.24, 2.45) is 5.10 Å². The van der Waals surface area contributed by atoms with Crippen LogP contribution in [-0.4, -0.2) is 12.1 Å². The highest BCUT2D eigenvalue weighted by Crippen LogP contribution is 2.22. The Kier molecular flexibility index (Phi) is 7.93. The molecule has 4 aromatic rings. The third-order valence-electron chi connectivity index (χ3n) is 4.87. The average molecular weight is 453 g/mol. The van der Waals surface area contributed by atoms with Crippen LogP contribution in [0.5, 0.6) is 5.75 Å². The van der Waals surface area contributed by atoms with Crippen LogP contribution in [-0.2, 0) is 12.4 Å². The van der Waals surface area contributed by atoms with E-state index in [1.165, 1.54) is 10.5 Å². The van der Waals surface area contributed by atoms with Crippen LogP contribution in [0.1, 0.15) is 27.0 Å². The van der Waals surface area contributed by atoms with Crippen molar-refractivity contribution in [3.63, 3.8) is 0 Å². The van der Waals surface area contributed by atoms with Crippen molar-refractivity contribution in [1.82, 2.24) is 5.43 Å². The first kappa shape index (κ1) is 22.4. The summed E-state index contributed by atoms with van der Waals surface area (Å²) in [6, 6.07) is 35.5. The van der Waals surface area contributed by atoms with Gasteiger partial charge in [-0.15, -0.1) is 11.8 Å². The summed E-state index contributed by atoms with van der Waals surface area (Å²) in [5.74, 6) is 1.40. The van der Waals surface area contributed by atoms with Crippen LogP contribution in [0.3, 0.4) is 0 Å². The van der Waals surface area contributed by atoms with Crippen molar-refractivity contribution in [1.29, 1.82) is 0 Å². The fourth-order valence-corrected chi connectivity index (χ4v) is 3.93. The first-order valence-electron chi connectivity index (χ1n) is 10.6. The molecule has 0 heterocycles. The number of carbonyl (C=O) groups excluding carboxylic acids is 1. The molecule has 4 aromatic carbocycles. The number of ether oxygens (including phenoxy) is 1. The van der Waals surface area contributed by atoms with E-state index in [-0.39, 0.29) is 5.91 Å². The van der Waals surface area contributed by atoms with Crippen LogP contribution in [0.25, 0.3) is 0 Å². The van der Waals surface area contributed by atoms with Crippen LogP contribution in [0.15, 0.2) is 119 Å². The standard InChI is InChI=1S/C28H24N2O2S/c31-28(25-15-11-24(12-16-25)21-33-27-9-5-2-6-10-27)30-29-19-22-13-17-26(18-14-22)32-20-23-7-3-1-4-8-23/h1-19H,20-21H2,(H,30,31)/b29-19-. The lowest BCUT2D eigenvalue weighted by Gasteiger charge is -2.06. The van der Waals surface area contributed by atoms with Gasteiger partial charge >= 0.3 is 0 Å². The fraction of sp³-hybridized carbons (Fsp3) is 0.0714. The molecule has 33 heavy (non-hydrogen) atoms. The second-order valence-corrected chi connectivity index (χ2v) is 8.39. The van der Waals surface area contributed by atoms with Crippen LogP contribution >= 0.6 is 11.8 Å². The van der Waals surface area contributed by atoms with Gasteiger partial charge in [-0.25, -0.2) is 5.43 Å². The van der Waals surface area contributed by atoms with Crippen molar-refractivity contribution in [3.05, 3.63) is 131 Å². The number of nitrogens with one attached hydrogen (secondary N) is 1. The fourth-order valence-electron chi connectivity index (χ4n) is 3.06. The third kappa shape index (κ3) is 7.09. The predicted octanol–water partition coefficient (Wildman–Crippen LogP) is 6.32. The number of carbonyl (C=O) groups is 1. The second-order valence-electron chi connectivity index (χ2n) is 7.34.